The Morgan fingerprint density at radius 2 is 1.95 bits per heavy atom. The molecular formula is C17H17N3O. The zero-order valence-corrected chi connectivity index (χ0v) is 12.1. The largest absolute Gasteiger partial charge is 0.374 e. The third-order valence-corrected chi connectivity index (χ3v) is 3.10. The summed E-state index contributed by atoms with van der Waals surface area (Å²) in [6, 6.07) is 16.4. The van der Waals surface area contributed by atoms with Crippen LogP contribution >= 0.6 is 0 Å². The maximum atomic E-state index is 12.2. The molecule has 21 heavy (non-hydrogen) atoms. The highest BCUT2D eigenvalue weighted by molar-refractivity contribution is 5.97. The van der Waals surface area contributed by atoms with Crippen LogP contribution in [0.3, 0.4) is 0 Å². The van der Waals surface area contributed by atoms with Crippen LogP contribution in [0.25, 0.3) is 0 Å². The van der Waals surface area contributed by atoms with Crippen LogP contribution in [0.2, 0.25) is 0 Å². The fourth-order valence-electron chi connectivity index (χ4n) is 1.98. The number of rotatable bonds is 4. The van der Waals surface area contributed by atoms with Crippen molar-refractivity contribution in [3.63, 3.8) is 0 Å². The molecule has 4 nitrogen and oxygen atoms in total. The number of carbonyl (C=O) groups excluding carboxylic acids is 1. The van der Waals surface area contributed by atoms with Gasteiger partial charge in [0.1, 0.15) is 12.1 Å². The summed E-state index contributed by atoms with van der Waals surface area (Å²) in [4.78, 5) is 12.2. The van der Waals surface area contributed by atoms with Gasteiger partial charge < -0.3 is 10.6 Å². The first kappa shape index (κ1) is 14.6. The highest BCUT2D eigenvalue weighted by Crippen LogP contribution is 2.15. The van der Waals surface area contributed by atoms with Gasteiger partial charge in [-0.05, 0) is 43.7 Å². The second-order valence-corrected chi connectivity index (χ2v) is 4.88. The van der Waals surface area contributed by atoms with E-state index in [4.69, 9.17) is 5.26 Å². The van der Waals surface area contributed by atoms with Gasteiger partial charge in [0.2, 0.25) is 5.91 Å². The Bertz CT molecular complexity index is 688. The number of hydrogen-bond donors (Lipinski definition) is 2. The molecule has 0 aliphatic carbocycles. The van der Waals surface area contributed by atoms with Crippen molar-refractivity contribution in [1.29, 1.82) is 5.26 Å². The van der Waals surface area contributed by atoms with E-state index in [2.05, 4.69) is 16.7 Å². The molecule has 0 radical (unpaired) electrons. The standard InChI is InChI=1S/C17H17N3O/c1-12-6-5-8-15(10-12)19-13(2)17(21)20-16-9-4-3-7-14(16)11-18/h3-10,13,19H,1-2H3,(H,20,21)/t13-/m1/s1. The number of carbonyl (C=O) groups is 1. The number of para-hydroxylation sites is 1. The molecule has 4 heteroatoms. The predicted molar refractivity (Wildman–Crippen MR) is 84.1 cm³/mol. The number of nitriles is 1. The van der Waals surface area contributed by atoms with Crippen LogP contribution in [-0.4, -0.2) is 11.9 Å². The number of anilines is 2. The molecule has 0 aliphatic rings. The quantitative estimate of drug-likeness (QED) is 0.902. The van der Waals surface area contributed by atoms with Gasteiger partial charge in [0.15, 0.2) is 0 Å². The lowest BCUT2D eigenvalue weighted by Gasteiger charge is -2.16. The first-order valence-electron chi connectivity index (χ1n) is 6.73. The fourth-order valence-corrected chi connectivity index (χ4v) is 1.98. The summed E-state index contributed by atoms with van der Waals surface area (Å²) in [7, 11) is 0. The molecule has 0 fully saturated rings. The van der Waals surface area contributed by atoms with Gasteiger partial charge >= 0.3 is 0 Å². The average Bonchev–Trinajstić information content (AvgIpc) is 2.47. The van der Waals surface area contributed by atoms with Crippen molar-refractivity contribution in [2.24, 2.45) is 0 Å². The van der Waals surface area contributed by atoms with E-state index in [1.54, 1.807) is 31.2 Å². The van der Waals surface area contributed by atoms with Crippen LogP contribution < -0.4 is 10.6 Å². The molecule has 0 bridgehead atoms. The molecular weight excluding hydrogens is 262 g/mol. The Labute approximate surface area is 124 Å². The number of benzene rings is 2. The van der Waals surface area contributed by atoms with Gasteiger partial charge in [-0.15, -0.1) is 0 Å². The van der Waals surface area contributed by atoms with E-state index < -0.39 is 6.04 Å². The van der Waals surface area contributed by atoms with Gasteiger partial charge in [0, 0.05) is 5.69 Å². The van der Waals surface area contributed by atoms with Crippen LogP contribution in [0, 0.1) is 18.3 Å². The van der Waals surface area contributed by atoms with Crippen molar-refractivity contribution in [2.75, 3.05) is 10.6 Å². The molecule has 0 heterocycles. The molecule has 0 spiro atoms. The highest BCUT2D eigenvalue weighted by Gasteiger charge is 2.14. The number of nitrogens with one attached hydrogen (secondary N) is 2. The molecule has 0 aromatic heterocycles. The van der Waals surface area contributed by atoms with E-state index in [1.165, 1.54) is 0 Å². The van der Waals surface area contributed by atoms with Crippen molar-refractivity contribution in [3.8, 4) is 6.07 Å². The normalized spacial score (nSPS) is 11.3. The monoisotopic (exact) mass is 279 g/mol. The lowest BCUT2D eigenvalue weighted by molar-refractivity contribution is -0.116. The van der Waals surface area contributed by atoms with E-state index in [0.29, 0.717) is 11.3 Å². The number of nitrogens with zero attached hydrogens (tertiary/aromatic N) is 1. The van der Waals surface area contributed by atoms with Gasteiger partial charge in [0.05, 0.1) is 11.3 Å². The minimum absolute atomic E-state index is 0.181. The van der Waals surface area contributed by atoms with E-state index in [-0.39, 0.29) is 5.91 Å². The van der Waals surface area contributed by atoms with E-state index in [9.17, 15) is 4.79 Å². The van der Waals surface area contributed by atoms with Crippen molar-refractivity contribution in [2.45, 2.75) is 19.9 Å². The first-order chi connectivity index (χ1) is 10.1. The van der Waals surface area contributed by atoms with Crippen molar-refractivity contribution in [1.82, 2.24) is 0 Å². The Morgan fingerprint density at radius 1 is 1.19 bits per heavy atom. The second-order valence-electron chi connectivity index (χ2n) is 4.88. The SMILES string of the molecule is Cc1cccc(N[C@H](C)C(=O)Nc2ccccc2C#N)c1. The van der Waals surface area contributed by atoms with Crippen LogP contribution in [-0.2, 0) is 4.79 Å². The smallest absolute Gasteiger partial charge is 0.246 e. The highest BCUT2D eigenvalue weighted by atomic mass is 16.2. The maximum absolute atomic E-state index is 12.2. The Hall–Kier alpha value is -2.80. The molecule has 0 saturated carbocycles. The molecule has 2 aromatic carbocycles. The molecule has 1 amide bonds. The summed E-state index contributed by atoms with van der Waals surface area (Å²) in [5.74, 6) is -0.181. The summed E-state index contributed by atoms with van der Waals surface area (Å²) in [6.07, 6.45) is 0. The summed E-state index contributed by atoms with van der Waals surface area (Å²) in [5.41, 5.74) is 3.00. The molecule has 2 N–H and O–H groups in total. The van der Waals surface area contributed by atoms with Gasteiger partial charge in [-0.1, -0.05) is 24.3 Å². The molecule has 106 valence electrons. The van der Waals surface area contributed by atoms with Gasteiger partial charge in [-0.2, -0.15) is 5.26 Å². The second kappa shape index (κ2) is 6.58. The third kappa shape index (κ3) is 3.83. The zero-order valence-electron chi connectivity index (χ0n) is 12.1. The minimum atomic E-state index is -0.404. The zero-order chi connectivity index (χ0) is 15.2. The van der Waals surface area contributed by atoms with Gasteiger partial charge in [-0.3, -0.25) is 4.79 Å². The summed E-state index contributed by atoms with van der Waals surface area (Å²) in [6.45, 7) is 3.78. The van der Waals surface area contributed by atoms with Crippen LogP contribution in [0.5, 0.6) is 0 Å². The molecule has 0 unspecified atom stereocenters. The van der Waals surface area contributed by atoms with Gasteiger partial charge in [-0.25, -0.2) is 0 Å². The summed E-state index contributed by atoms with van der Waals surface area (Å²) < 4.78 is 0. The van der Waals surface area contributed by atoms with Crippen LogP contribution in [0.4, 0.5) is 11.4 Å². The Balaban J connectivity index is 2.05. The first-order valence-corrected chi connectivity index (χ1v) is 6.73. The Morgan fingerprint density at radius 3 is 2.67 bits per heavy atom. The van der Waals surface area contributed by atoms with E-state index >= 15 is 0 Å². The summed E-state index contributed by atoms with van der Waals surface area (Å²) in [5, 5.41) is 14.9. The molecule has 0 aliphatic heterocycles. The van der Waals surface area contributed by atoms with Gasteiger partial charge in [0.25, 0.3) is 0 Å². The van der Waals surface area contributed by atoms with E-state index in [1.807, 2.05) is 31.2 Å². The average molecular weight is 279 g/mol. The van der Waals surface area contributed by atoms with Crippen LogP contribution in [0.1, 0.15) is 18.1 Å². The van der Waals surface area contributed by atoms with Crippen molar-refractivity contribution < 1.29 is 4.79 Å². The number of amides is 1. The fraction of sp³-hybridized carbons (Fsp3) is 0.176. The number of hydrogen-bond acceptors (Lipinski definition) is 3. The summed E-state index contributed by atoms with van der Waals surface area (Å²) >= 11 is 0. The molecule has 1 atom stereocenters. The topological polar surface area (TPSA) is 64.9 Å². The lowest BCUT2D eigenvalue weighted by atomic mass is 10.1. The maximum Gasteiger partial charge on any atom is 0.246 e. The Kier molecular flexibility index (Phi) is 4.57. The predicted octanol–water partition coefficient (Wildman–Crippen LogP) is 3.31. The van der Waals surface area contributed by atoms with Crippen LogP contribution in [0.15, 0.2) is 48.5 Å². The number of aryl methyl sites for hydroxylation is 1. The van der Waals surface area contributed by atoms with E-state index in [0.717, 1.165) is 11.3 Å². The molecule has 2 rings (SSSR count). The minimum Gasteiger partial charge on any atom is -0.374 e. The third-order valence-electron chi connectivity index (χ3n) is 3.10. The molecule has 0 saturated heterocycles. The van der Waals surface area contributed by atoms with Crippen molar-refractivity contribution in [3.05, 3.63) is 59.7 Å². The van der Waals surface area contributed by atoms with Crippen molar-refractivity contribution >= 4 is 17.3 Å². The molecule has 2 aromatic rings. The lowest BCUT2D eigenvalue weighted by Crippen LogP contribution is -2.32.